The van der Waals surface area contributed by atoms with E-state index in [0.29, 0.717) is 10.8 Å². The quantitative estimate of drug-likeness (QED) is 0.271. The van der Waals surface area contributed by atoms with Gasteiger partial charge in [0.15, 0.2) is 0 Å². The second-order valence-corrected chi connectivity index (χ2v) is 2.59. The van der Waals surface area contributed by atoms with E-state index in [4.69, 9.17) is 10.3 Å². The Labute approximate surface area is 58.8 Å². The lowest BCUT2D eigenvalue weighted by atomic mass is 10.5. The zero-order chi connectivity index (χ0) is 7.11. The monoisotopic (exact) mass is 149 g/mol. The summed E-state index contributed by atoms with van der Waals surface area (Å²) in [4.78, 5) is 0. The van der Waals surface area contributed by atoms with Crippen molar-refractivity contribution in [3.8, 4) is 0 Å². The summed E-state index contributed by atoms with van der Waals surface area (Å²) in [5.41, 5.74) is 0. The lowest BCUT2D eigenvalue weighted by Gasteiger charge is -1.95. The Kier molecular flexibility index (Phi) is 5.76. The fourth-order valence-corrected chi connectivity index (χ4v) is 0.954. The minimum absolute atomic E-state index is 0.129. The van der Waals surface area contributed by atoms with Gasteiger partial charge in [0.25, 0.3) is 0 Å². The van der Waals surface area contributed by atoms with Gasteiger partial charge in [0.1, 0.15) is 5.04 Å². The number of thioether (sulfide) groups is 1. The van der Waals surface area contributed by atoms with Crippen LogP contribution in [0, 0.1) is 0 Å². The number of rotatable bonds is 3. The lowest BCUT2D eigenvalue weighted by Crippen LogP contribution is -1.94. The van der Waals surface area contributed by atoms with Gasteiger partial charge in [-0.1, -0.05) is 12.1 Å². The van der Waals surface area contributed by atoms with Crippen LogP contribution in [0.5, 0.6) is 0 Å². The van der Waals surface area contributed by atoms with E-state index in [2.05, 4.69) is 5.16 Å². The Morgan fingerprint density at radius 2 is 2.33 bits per heavy atom. The van der Waals surface area contributed by atoms with Crippen LogP contribution in [-0.2, 0) is 0 Å². The van der Waals surface area contributed by atoms with Crippen molar-refractivity contribution in [2.45, 2.75) is 13.3 Å². The van der Waals surface area contributed by atoms with Crippen LogP contribution in [-0.4, -0.2) is 27.7 Å². The van der Waals surface area contributed by atoms with Gasteiger partial charge in [-0.2, -0.15) is 0 Å². The Morgan fingerprint density at radius 1 is 1.67 bits per heavy atom. The van der Waals surface area contributed by atoms with Gasteiger partial charge in [0.05, 0.1) is 6.61 Å². The molecule has 0 saturated heterocycles. The van der Waals surface area contributed by atoms with Crippen molar-refractivity contribution in [2.75, 3.05) is 12.4 Å². The van der Waals surface area contributed by atoms with Gasteiger partial charge in [-0.25, -0.2) is 0 Å². The molecule has 0 aromatic heterocycles. The summed E-state index contributed by atoms with van der Waals surface area (Å²) < 4.78 is 0. The average molecular weight is 149 g/mol. The van der Waals surface area contributed by atoms with E-state index in [0.717, 1.165) is 6.42 Å². The number of aliphatic hydroxyl groups is 1. The molecule has 0 bridgehead atoms. The van der Waals surface area contributed by atoms with Crippen molar-refractivity contribution in [2.24, 2.45) is 5.16 Å². The number of oxime groups is 1. The normalized spacial score (nSPS) is 12.0. The molecule has 0 aliphatic carbocycles. The van der Waals surface area contributed by atoms with E-state index in [-0.39, 0.29) is 6.61 Å². The third-order valence-corrected chi connectivity index (χ3v) is 1.86. The molecule has 0 radical (unpaired) electrons. The molecule has 4 heteroatoms. The molecule has 0 rings (SSSR count). The van der Waals surface area contributed by atoms with Gasteiger partial charge in [-0.05, 0) is 6.42 Å². The number of nitrogens with zero attached hydrogens (tertiary/aromatic N) is 1. The highest BCUT2D eigenvalue weighted by Gasteiger charge is 1.94. The highest BCUT2D eigenvalue weighted by molar-refractivity contribution is 8.13. The molecule has 0 aliphatic heterocycles. The highest BCUT2D eigenvalue weighted by Crippen LogP contribution is 2.05. The Bertz CT molecular complexity index is 95.0. The molecule has 0 atom stereocenters. The van der Waals surface area contributed by atoms with Gasteiger partial charge in [0, 0.05) is 5.75 Å². The van der Waals surface area contributed by atoms with Crippen LogP contribution in [0.1, 0.15) is 13.3 Å². The van der Waals surface area contributed by atoms with Crippen molar-refractivity contribution < 1.29 is 10.3 Å². The first kappa shape index (κ1) is 8.78. The molecule has 0 spiro atoms. The molecule has 0 aliphatic rings. The first-order valence-electron chi connectivity index (χ1n) is 2.79. The van der Waals surface area contributed by atoms with Gasteiger partial charge >= 0.3 is 0 Å². The largest absolute Gasteiger partial charge is 0.410 e. The zero-order valence-electron chi connectivity index (χ0n) is 5.37. The van der Waals surface area contributed by atoms with E-state index < -0.39 is 0 Å². The van der Waals surface area contributed by atoms with Crippen molar-refractivity contribution >= 4 is 16.8 Å². The van der Waals surface area contributed by atoms with Gasteiger partial charge in [-0.3, -0.25) is 0 Å². The van der Waals surface area contributed by atoms with Crippen LogP contribution < -0.4 is 0 Å². The summed E-state index contributed by atoms with van der Waals surface area (Å²) in [7, 11) is 0. The maximum absolute atomic E-state index is 8.35. The maximum Gasteiger partial charge on any atom is 0.112 e. The molecule has 9 heavy (non-hydrogen) atoms. The van der Waals surface area contributed by atoms with Crippen molar-refractivity contribution in [1.29, 1.82) is 0 Å². The van der Waals surface area contributed by atoms with E-state index in [1.807, 2.05) is 6.92 Å². The second kappa shape index (κ2) is 5.91. The van der Waals surface area contributed by atoms with Crippen LogP contribution in [0.2, 0.25) is 0 Å². The smallest absolute Gasteiger partial charge is 0.112 e. The van der Waals surface area contributed by atoms with Crippen LogP contribution in [0.3, 0.4) is 0 Å². The molecule has 3 nitrogen and oxygen atoms in total. The molecule has 0 aromatic rings. The fraction of sp³-hybridized carbons (Fsp3) is 0.800. The summed E-state index contributed by atoms with van der Waals surface area (Å²) >= 11 is 1.37. The summed E-state index contributed by atoms with van der Waals surface area (Å²) in [6.45, 7) is 2.03. The maximum atomic E-state index is 8.35. The first-order valence-corrected chi connectivity index (χ1v) is 3.78. The predicted octanol–water partition coefficient (Wildman–Crippen LogP) is 0.910. The lowest BCUT2D eigenvalue weighted by molar-refractivity contribution is 0.319. The third-order valence-electron chi connectivity index (χ3n) is 0.774. The number of hydrogen-bond acceptors (Lipinski definition) is 4. The van der Waals surface area contributed by atoms with Gasteiger partial charge in [0.2, 0.25) is 0 Å². The van der Waals surface area contributed by atoms with E-state index in [1.165, 1.54) is 11.8 Å². The SMILES string of the molecule is CC/C(=N\O)SCCO. The summed E-state index contributed by atoms with van der Waals surface area (Å²) in [5.74, 6) is 0.604. The molecule has 0 fully saturated rings. The summed E-state index contributed by atoms with van der Waals surface area (Å²) in [6.07, 6.45) is 0.723. The minimum atomic E-state index is 0.129. The molecule has 0 heterocycles. The number of aliphatic hydroxyl groups excluding tert-OH is 1. The summed E-state index contributed by atoms with van der Waals surface area (Å²) in [6, 6.07) is 0. The molecule has 54 valence electrons. The van der Waals surface area contributed by atoms with E-state index >= 15 is 0 Å². The van der Waals surface area contributed by atoms with Crippen molar-refractivity contribution in [3.05, 3.63) is 0 Å². The zero-order valence-corrected chi connectivity index (χ0v) is 6.19. The van der Waals surface area contributed by atoms with Crippen LogP contribution in [0.15, 0.2) is 5.16 Å². The first-order chi connectivity index (χ1) is 4.35. The Morgan fingerprint density at radius 3 is 2.67 bits per heavy atom. The predicted molar refractivity (Wildman–Crippen MR) is 39.1 cm³/mol. The average Bonchev–Trinajstić information content (AvgIpc) is 1.91. The molecular formula is C5H11NO2S. The minimum Gasteiger partial charge on any atom is -0.410 e. The molecule has 2 N–H and O–H groups in total. The van der Waals surface area contributed by atoms with E-state index in [9.17, 15) is 0 Å². The highest BCUT2D eigenvalue weighted by atomic mass is 32.2. The third kappa shape index (κ3) is 4.29. The fourth-order valence-electron chi connectivity index (χ4n) is 0.365. The second-order valence-electron chi connectivity index (χ2n) is 1.42. The molecule has 0 amide bonds. The van der Waals surface area contributed by atoms with Crippen LogP contribution in [0.25, 0.3) is 0 Å². The molecule has 0 saturated carbocycles. The van der Waals surface area contributed by atoms with Crippen LogP contribution >= 0.6 is 11.8 Å². The molecular weight excluding hydrogens is 138 g/mol. The van der Waals surface area contributed by atoms with Crippen LogP contribution in [0.4, 0.5) is 0 Å². The van der Waals surface area contributed by atoms with Gasteiger partial charge in [-0.15, -0.1) is 11.8 Å². The molecule has 0 unspecified atom stereocenters. The Balaban J connectivity index is 3.33. The van der Waals surface area contributed by atoms with E-state index in [1.54, 1.807) is 0 Å². The van der Waals surface area contributed by atoms with Crippen molar-refractivity contribution in [3.63, 3.8) is 0 Å². The summed E-state index contributed by atoms with van der Waals surface area (Å²) in [5, 5.41) is 20.3. The molecule has 0 aromatic carbocycles. The van der Waals surface area contributed by atoms with Gasteiger partial charge < -0.3 is 10.3 Å². The Hall–Kier alpha value is -0.220. The number of hydrogen-bond donors (Lipinski definition) is 2. The topological polar surface area (TPSA) is 52.8 Å². The van der Waals surface area contributed by atoms with Crippen molar-refractivity contribution in [1.82, 2.24) is 0 Å². The standard InChI is InChI=1S/C5H11NO2S/c1-2-5(6-8)9-4-3-7/h7-8H,2-4H2,1H3/b6-5+.